The van der Waals surface area contributed by atoms with Gasteiger partial charge in [0.1, 0.15) is 11.6 Å². The lowest BCUT2D eigenvalue weighted by Gasteiger charge is -2.44. The van der Waals surface area contributed by atoms with Crippen molar-refractivity contribution in [1.29, 1.82) is 5.26 Å². The molecule has 2 heterocycles. The first-order valence-electron chi connectivity index (χ1n) is 7.29. The number of hydrogen-bond acceptors (Lipinski definition) is 3. The van der Waals surface area contributed by atoms with Gasteiger partial charge < -0.3 is 0 Å². The molecule has 1 aromatic rings. The molecule has 21 heavy (non-hydrogen) atoms. The second-order valence-corrected chi connectivity index (χ2v) is 6.07. The zero-order valence-corrected chi connectivity index (χ0v) is 11.6. The quantitative estimate of drug-likeness (QED) is 0.683. The fourth-order valence-electron chi connectivity index (χ4n) is 4.11. The van der Waals surface area contributed by atoms with Crippen LogP contribution in [0, 0.1) is 11.3 Å². The van der Waals surface area contributed by atoms with Crippen molar-refractivity contribution in [3.63, 3.8) is 0 Å². The van der Waals surface area contributed by atoms with E-state index in [9.17, 15) is 14.9 Å². The maximum Gasteiger partial charge on any atom is 0.300 e. The van der Waals surface area contributed by atoms with Crippen LogP contribution in [-0.4, -0.2) is 22.1 Å². The number of hydrogen-bond donors (Lipinski definition) is 0. The van der Waals surface area contributed by atoms with E-state index in [4.69, 9.17) is 0 Å². The van der Waals surface area contributed by atoms with E-state index in [2.05, 4.69) is 0 Å². The van der Waals surface area contributed by atoms with Gasteiger partial charge in [-0.2, -0.15) is 5.26 Å². The van der Waals surface area contributed by atoms with Crippen LogP contribution in [0.15, 0.2) is 29.8 Å². The molecule has 4 heteroatoms. The molecule has 1 aromatic carbocycles. The van der Waals surface area contributed by atoms with Gasteiger partial charge in [-0.15, -0.1) is 0 Å². The number of Topliss-reactive ketones (excluding diaryl/α,β-unsaturated/α-hetero) is 1. The van der Waals surface area contributed by atoms with Crippen LogP contribution < -0.4 is 0 Å². The first-order chi connectivity index (χ1) is 10.2. The van der Waals surface area contributed by atoms with E-state index in [0.29, 0.717) is 5.70 Å². The van der Waals surface area contributed by atoms with Crippen molar-refractivity contribution in [2.45, 2.75) is 37.6 Å². The molecule has 0 saturated heterocycles. The zero-order chi connectivity index (χ0) is 14.6. The summed E-state index contributed by atoms with van der Waals surface area (Å²) in [4.78, 5) is 26.3. The third-order valence-corrected chi connectivity index (χ3v) is 5.00. The molecule has 1 amide bonds. The molecule has 1 saturated carbocycles. The van der Waals surface area contributed by atoms with Gasteiger partial charge in [0.2, 0.25) is 0 Å². The molecule has 0 aromatic heterocycles. The Balaban J connectivity index is 2.03. The Labute approximate surface area is 122 Å². The summed E-state index contributed by atoms with van der Waals surface area (Å²) in [7, 11) is 0. The molecule has 0 N–H and O–H groups in total. The maximum absolute atomic E-state index is 12.5. The van der Waals surface area contributed by atoms with E-state index >= 15 is 0 Å². The highest BCUT2D eigenvalue weighted by atomic mass is 16.2. The van der Waals surface area contributed by atoms with E-state index in [1.165, 1.54) is 0 Å². The minimum atomic E-state index is -0.643. The van der Waals surface area contributed by atoms with Crippen LogP contribution in [0.1, 0.15) is 36.8 Å². The fourth-order valence-corrected chi connectivity index (χ4v) is 4.11. The zero-order valence-electron chi connectivity index (χ0n) is 11.6. The predicted molar refractivity (Wildman–Crippen MR) is 75.7 cm³/mol. The van der Waals surface area contributed by atoms with Crippen LogP contribution in [0.2, 0.25) is 0 Å². The van der Waals surface area contributed by atoms with Gasteiger partial charge in [-0.1, -0.05) is 37.1 Å². The van der Waals surface area contributed by atoms with Crippen LogP contribution in [0.3, 0.4) is 0 Å². The Morgan fingerprint density at radius 1 is 1.14 bits per heavy atom. The molecular weight excluding hydrogens is 264 g/mol. The number of nitrogens with zero attached hydrogens (tertiary/aromatic N) is 2. The van der Waals surface area contributed by atoms with Gasteiger partial charge in [0, 0.05) is 5.56 Å². The first kappa shape index (κ1) is 12.3. The van der Waals surface area contributed by atoms with E-state index in [-0.39, 0.29) is 11.1 Å². The topological polar surface area (TPSA) is 61.2 Å². The van der Waals surface area contributed by atoms with Gasteiger partial charge in [0.05, 0.1) is 11.2 Å². The Morgan fingerprint density at radius 3 is 2.57 bits per heavy atom. The highest BCUT2D eigenvalue weighted by molar-refractivity contribution is 6.50. The third kappa shape index (κ3) is 1.43. The number of carbonyl (C=O) groups excluding carboxylic acids is 2. The van der Waals surface area contributed by atoms with Crippen molar-refractivity contribution >= 4 is 17.4 Å². The molecule has 4 nitrogen and oxygen atoms in total. The highest BCUT2D eigenvalue weighted by Gasteiger charge is 2.54. The largest absolute Gasteiger partial charge is 0.300 e. The number of rotatable bonds is 0. The van der Waals surface area contributed by atoms with Crippen molar-refractivity contribution in [3.8, 4) is 6.07 Å². The van der Waals surface area contributed by atoms with Crippen LogP contribution in [0.25, 0.3) is 5.70 Å². The Kier molecular flexibility index (Phi) is 2.38. The monoisotopic (exact) mass is 278 g/mol. The molecule has 2 aliphatic heterocycles. The maximum atomic E-state index is 12.5. The van der Waals surface area contributed by atoms with Gasteiger partial charge in [-0.3, -0.25) is 14.5 Å². The first-order valence-corrected chi connectivity index (χ1v) is 7.29. The molecule has 0 radical (unpaired) electrons. The lowest BCUT2D eigenvalue weighted by atomic mass is 9.80. The number of amides is 1. The molecule has 0 unspecified atom stereocenters. The number of ketones is 1. The summed E-state index contributed by atoms with van der Waals surface area (Å²) in [6, 6.07) is 9.77. The molecule has 0 bridgehead atoms. The molecule has 1 fully saturated rings. The lowest BCUT2D eigenvalue weighted by Crippen LogP contribution is -2.52. The molecule has 1 spiro atoms. The van der Waals surface area contributed by atoms with Crippen molar-refractivity contribution in [2.24, 2.45) is 0 Å². The summed E-state index contributed by atoms with van der Waals surface area (Å²) in [6.07, 6.45) is 4.72. The second-order valence-electron chi connectivity index (χ2n) is 6.07. The summed E-state index contributed by atoms with van der Waals surface area (Å²) in [6.45, 7) is 0. The number of benzene rings is 1. The van der Waals surface area contributed by atoms with Crippen LogP contribution in [0.4, 0.5) is 0 Å². The summed E-state index contributed by atoms with van der Waals surface area (Å²) in [5, 5.41) is 9.34. The smallest absolute Gasteiger partial charge is 0.297 e. The minimum absolute atomic E-state index is 0.0124. The fraction of sp³-hybridized carbons (Fsp3) is 0.353. The molecular formula is C17H14N2O2. The average molecular weight is 278 g/mol. The van der Waals surface area contributed by atoms with Crippen LogP contribution in [-0.2, 0) is 16.0 Å². The molecule has 4 rings (SSSR count). The van der Waals surface area contributed by atoms with Gasteiger partial charge in [0.25, 0.3) is 5.78 Å². The van der Waals surface area contributed by atoms with Crippen molar-refractivity contribution in [2.75, 3.05) is 0 Å². The highest BCUT2D eigenvalue weighted by Crippen LogP contribution is 2.50. The molecule has 3 aliphatic rings. The summed E-state index contributed by atoms with van der Waals surface area (Å²) < 4.78 is 0. The predicted octanol–water partition coefficient (Wildman–Crippen LogP) is 2.20. The Morgan fingerprint density at radius 2 is 1.86 bits per heavy atom. The standard InChI is InChI=1S/C17H14N2O2/c18-10-13-14-12-6-2-1-5-11(12)9-17(7-3-4-8-17)19(14)16(21)15(13)20/h1-2,5-6H,3-4,7-9H2. The van der Waals surface area contributed by atoms with Crippen molar-refractivity contribution in [3.05, 3.63) is 41.0 Å². The van der Waals surface area contributed by atoms with Crippen molar-refractivity contribution in [1.82, 2.24) is 4.90 Å². The van der Waals surface area contributed by atoms with Gasteiger partial charge >= 0.3 is 5.91 Å². The van der Waals surface area contributed by atoms with Crippen LogP contribution in [0.5, 0.6) is 0 Å². The van der Waals surface area contributed by atoms with Crippen molar-refractivity contribution < 1.29 is 9.59 Å². The summed E-state index contributed by atoms with van der Waals surface area (Å²) in [5.41, 5.74) is 2.27. The summed E-state index contributed by atoms with van der Waals surface area (Å²) >= 11 is 0. The lowest BCUT2D eigenvalue weighted by molar-refractivity contribution is -0.142. The molecule has 1 aliphatic carbocycles. The van der Waals surface area contributed by atoms with Crippen LogP contribution >= 0.6 is 0 Å². The average Bonchev–Trinajstić information content (AvgIpc) is 3.05. The van der Waals surface area contributed by atoms with Gasteiger partial charge in [-0.25, -0.2) is 0 Å². The third-order valence-electron chi connectivity index (χ3n) is 5.00. The SMILES string of the molecule is N#CC1=C2c3ccccc3CC3(CCCC3)N2C(=O)C1=O. The Bertz CT molecular complexity index is 748. The number of fused-ring (bicyclic) bond motifs is 4. The molecule has 104 valence electrons. The van der Waals surface area contributed by atoms with E-state index in [1.54, 1.807) is 4.90 Å². The second kappa shape index (κ2) is 4.05. The number of carbonyl (C=O) groups is 2. The van der Waals surface area contributed by atoms with E-state index < -0.39 is 11.7 Å². The Hall–Kier alpha value is -2.41. The van der Waals surface area contributed by atoms with Gasteiger partial charge in [0.15, 0.2) is 0 Å². The van der Waals surface area contributed by atoms with E-state index in [1.807, 2.05) is 30.3 Å². The molecule has 0 atom stereocenters. The number of nitriles is 1. The van der Waals surface area contributed by atoms with E-state index in [0.717, 1.165) is 43.2 Å². The summed E-state index contributed by atoms with van der Waals surface area (Å²) in [5.74, 6) is -1.16. The minimum Gasteiger partial charge on any atom is -0.297 e. The normalized spacial score (nSPS) is 22.5. The van der Waals surface area contributed by atoms with Gasteiger partial charge in [-0.05, 0) is 24.8 Å².